The standard InChI is InChI=1S/C26H28F3NO3/c1-17-14-30(21-12-5-4-10-19(21)22(17)31)16-25(32,26(27,28)29)15-24(2,3)20-11-6-8-18-9-7-13-33-23(18)20/h4-6,8,10-12,14,32H,7,9,13,15-16H2,1-3H3. The van der Waals surface area contributed by atoms with E-state index in [1.165, 1.54) is 10.8 Å². The summed E-state index contributed by atoms with van der Waals surface area (Å²) >= 11 is 0. The molecule has 4 nitrogen and oxygen atoms in total. The zero-order valence-electron chi connectivity index (χ0n) is 19.0. The van der Waals surface area contributed by atoms with Gasteiger partial charge in [-0.1, -0.05) is 44.2 Å². The van der Waals surface area contributed by atoms with Crippen molar-refractivity contribution in [2.75, 3.05) is 6.61 Å². The predicted octanol–water partition coefficient (Wildman–Crippen LogP) is 5.30. The summed E-state index contributed by atoms with van der Waals surface area (Å²) in [5.74, 6) is 0.628. The molecule has 0 bridgehead atoms. The molecule has 0 aliphatic carbocycles. The van der Waals surface area contributed by atoms with Crippen molar-refractivity contribution >= 4 is 10.9 Å². The number of halogens is 3. The summed E-state index contributed by atoms with van der Waals surface area (Å²) in [4.78, 5) is 12.5. The molecule has 1 atom stereocenters. The Morgan fingerprint density at radius 3 is 2.55 bits per heavy atom. The molecule has 0 saturated heterocycles. The number of ether oxygens (including phenoxy) is 1. The van der Waals surface area contributed by atoms with E-state index in [0.29, 0.717) is 34.4 Å². The summed E-state index contributed by atoms with van der Waals surface area (Å²) < 4.78 is 50.4. The van der Waals surface area contributed by atoms with Crippen LogP contribution in [-0.4, -0.2) is 28.1 Å². The second-order valence-electron chi connectivity index (χ2n) is 9.62. The Kier molecular flexibility index (Phi) is 5.81. The van der Waals surface area contributed by atoms with Gasteiger partial charge in [-0.25, -0.2) is 0 Å². The fraction of sp³-hybridized carbons (Fsp3) is 0.423. The molecule has 0 saturated carbocycles. The summed E-state index contributed by atoms with van der Waals surface area (Å²) in [5.41, 5.74) is -1.98. The monoisotopic (exact) mass is 459 g/mol. The van der Waals surface area contributed by atoms with Crippen LogP contribution < -0.4 is 10.2 Å². The minimum absolute atomic E-state index is 0.231. The molecule has 0 radical (unpaired) electrons. The maximum Gasteiger partial charge on any atom is 0.418 e. The highest BCUT2D eigenvalue weighted by molar-refractivity contribution is 5.79. The molecule has 33 heavy (non-hydrogen) atoms. The third-order valence-corrected chi connectivity index (χ3v) is 6.52. The number of hydrogen-bond donors (Lipinski definition) is 1. The average molecular weight is 460 g/mol. The van der Waals surface area contributed by atoms with Gasteiger partial charge in [0.25, 0.3) is 0 Å². The van der Waals surface area contributed by atoms with Gasteiger partial charge in [0.15, 0.2) is 11.0 Å². The maximum atomic E-state index is 14.4. The van der Waals surface area contributed by atoms with Crippen LogP contribution in [0, 0.1) is 6.92 Å². The molecular weight excluding hydrogens is 431 g/mol. The van der Waals surface area contributed by atoms with Gasteiger partial charge in [0.05, 0.1) is 18.7 Å². The number of hydrogen-bond acceptors (Lipinski definition) is 3. The minimum atomic E-state index is -4.89. The van der Waals surface area contributed by atoms with Crippen molar-refractivity contribution in [2.45, 2.75) is 63.8 Å². The molecule has 1 aliphatic heterocycles. The van der Waals surface area contributed by atoms with Gasteiger partial charge in [0.2, 0.25) is 0 Å². The van der Waals surface area contributed by atoms with Gasteiger partial charge in [-0.2, -0.15) is 13.2 Å². The van der Waals surface area contributed by atoms with E-state index in [9.17, 15) is 23.1 Å². The van der Waals surface area contributed by atoms with E-state index in [1.807, 2.05) is 12.1 Å². The number of aryl methyl sites for hydroxylation is 2. The molecule has 1 N–H and O–H groups in total. The zero-order valence-corrected chi connectivity index (χ0v) is 19.0. The Bertz CT molecular complexity index is 1250. The van der Waals surface area contributed by atoms with Crippen LogP contribution in [-0.2, 0) is 18.4 Å². The maximum absolute atomic E-state index is 14.4. The molecule has 0 amide bonds. The van der Waals surface area contributed by atoms with E-state index in [-0.39, 0.29) is 5.43 Å². The predicted molar refractivity (Wildman–Crippen MR) is 122 cm³/mol. The number of rotatable bonds is 5. The van der Waals surface area contributed by atoms with E-state index in [1.54, 1.807) is 51.1 Å². The highest BCUT2D eigenvalue weighted by Gasteiger charge is 2.56. The van der Waals surface area contributed by atoms with E-state index in [0.717, 1.165) is 18.4 Å². The van der Waals surface area contributed by atoms with Crippen molar-refractivity contribution < 1.29 is 23.0 Å². The van der Waals surface area contributed by atoms with Gasteiger partial charge >= 0.3 is 6.18 Å². The van der Waals surface area contributed by atoms with Gasteiger partial charge in [0, 0.05) is 22.7 Å². The van der Waals surface area contributed by atoms with Gasteiger partial charge in [-0.3, -0.25) is 4.79 Å². The second-order valence-corrected chi connectivity index (χ2v) is 9.62. The summed E-state index contributed by atoms with van der Waals surface area (Å²) in [6.07, 6.45) is -2.39. The summed E-state index contributed by atoms with van der Waals surface area (Å²) in [5, 5.41) is 11.5. The third-order valence-electron chi connectivity index (χ3n) is 6.52. The number of aliphatic hydroxyl groups is 1. The lowest BCUT2D eigenvalue weighted by atomic mass is 9.73. The lowest BCUT2D eigenvalue weighted by Gasteiger charge is -2.39. The Hall–Kier alpha value is -2.80. The molecule has 0 spiro atoms. The number of nitrogens with zero attached hydrogens (tertiary/aromatic N) is 1. The van der Waals surface area contributed by atoms with Gasteiger partial charge in [-0.05, 0) is 49.3 Å². The SMILES string of the molecule is Cc1cn(CC(O)(CC(C)(C)c2cccc3c2OCCC3)C(F)(F)F)c2ccccc2c1=O. The number of pyridine rings is 1. The molecule has 1 unspecified atom stereocenters. The summed E-state index contributed by atoms with van der Waals surface area (Å²) in [6.45, 7) is 4.76. The minimum Gasteiger partial charge on any atom is -0.493 e. The fourth-order valence-electron chi connectivity index (χ4n) is 4.90. The fourth-order valence-corrected chi connectivity index (χ4v) is 4.90. The lowest BCUT2D eigenvalue weighted by molar-refractivity contribution is -0.271. The highest BCUT2D eigenvalue weighted by Crippen LogP contribution is 2.46. The Balaban J connectivity index is 1.78. The van der Waals surface area contributed by atoms with E-state index in [2.05, 4.69) is 0 Å². The van der Waals surface area contributed by atoms with E-state index >= 15 is 0 Å². The zero-order chi connectivity index (χ0) is 24.0. The van der Waals surface area contributed by atoms with E-state index < -0.39 is 30.2 Å². The van der Waals surface area contributed by atoms with Crippen LogP contribution in [0.25, 0.3) is 10.9 Å². The van der Waals surface area contributed by atoms with Crippen molar-refractivity contribution in [3.05, 3.63) is 75.6 Å². The summed E-state index contributed by atoms with van der Waals surface area (Å²) in [7, 11) is 0. The van der Waals surface area contributed by atoms with E-state index in [4.69, 9.17) is 4.74 Å². The van der Waals surface area contributed by atoms with Crippen LogP contribution in [0.5, 0.6) is 5.75 Å². The first-order chi connectivity index (χ1) is 15.4. The quantitative estimate of drug-likeness (QED) is 0.564. The number of fused-ring (bicyclic) bond motifs is 2. The first kappa shape index (κ1) is 23.4. The van der Waals surface area contributed by atoms with Crippen molar-refractivity contribution in [3.63, 3.8) is 0 Å². The van der Waals surface area contributed by atoms with Gasteiger partial charge < -0.3 is 14.4 Å². The lowest BCUT2D eigenvalue weighted by Crippen LogP contribution is -2.52. The molecular formula is C26H28F3NO3. The smallest absolute Gasteiger partial charge is 0.418 e. The van der Waals surface area contributed by atoms with Crippen molar-refractivity contribution in [1.82, 2.24) is 4.57 Å². The van der Waals surface area contributed by atoms with Crippen LogP contribution >= 0.6 is 0 Å². The van der Waals surface area contributed by atoms with Crippen molar-refractivity contribution in [1.29, 1.82) is 0 Å². The molecule has 0 fully saturated rings. The molecule has 1 aromatic heterocycles. The molecule has 176 valence electrons. The van der Waals surface area contributed by atoms with Gasteiger partial charge in [0.1, 0.15) is 5.75 Å². The highest BCUT2D eigenvalue weighted by atomic mass is 19.4. The molecule has 3 aromatic rings. The molecule has 2 heterocycles. The topological polar surface area (TPSA) is 51.5 Å². The Morgan fingerprint density at radius 2 is 1.82 bits per heavy atom. The van der Waals surface area contributed by atoms with Crippen molar-refractivity contribution in [2.24, 2.45) is 0 Å². The number of para-hydroxylation sites is 2. The molecule has 1 aliphatic rings. The first-order valence-electron chi connectivity index (χ1n) is 11.1. The van der Waals surface area contributed by atoms with Crippen LogP contribution in [0.2, 0.25) is 0 Å². The first-order valence-corrected chi connectivity index (χ1v) is 11.1. The number of benzene rings is 2. The second kappa shape index (κ2) is 8.20. The van der Waals surface area contributed by atoms with Crippen LogP contribution in [0.4, 0.5) is 13.2 Å². The Morgan fingerprint density at radius 1 is 1.09 bits per heavy atom. The number of alkyl halides is 3. The molecule has 7 heteroatoms. The Labute approximate surface area is 190 Å². The van der Waals surface area contributed by atoms with Crippen LogP contribution in [0.15, 0.2) is 53.5 Å². The summed E-state index contributed by atoms with van der Waals surface area (Å²) in [6, 6.07) is 12.1. The average Bonchev–Trinajstić information content (AvgIpc) is 2.76. The van der Waals surface area contributed by atoms with Crippen LogP contribution in [0.1, 0.15) is 43.4 Å². The van der Waals surface area contributed by atoms with Gasteiger partial charge in [-0.15, -0.1) is 0 Å². The molecule has 4 rings (SSSR count). The molecule has 2 aromatic carbocycles. The van der Waals surface area contributed by atoms with Crippen molar-refractivity contribution in [3.8, 4) is 5.75 Å². The largest absolute Gasteiger partial charge is 0.493 e. The third kappa shape index (κ3) is 4.26. The normalized spacial score (nSPS) is 16.2. The van der Waals surface area contributed by atoms with Crippen LogP contribution in [0.3, 0.4) is 0 Å². The number of aromatic nitrogens is 1.